The Hall–Kier alpha value is -0.570. The van der Waals surface area contributed by atoms with Crippen LogP contribution in [0.15, 0.2) is 0 Å². The number of carbonyl (C=O) groups is 1. The van der Waals surface area contributed by atoms with E-state index in [1.54, 1.807) is 0 Å². The number of piperidine rings is 1. The molecule has 0 aromatic heterocycles. The third-order valence-corrected chi connectivity index (χ3v) is 5.29. The Morgan fingerprint density at radius 1 is 1.20 bits per heavy atom. The molecule has 3 rings (SSSR count). The summed E-state index contributed by atoms with van der Waals surface area (Å²) in [6.07, 6.45) is 9.80. The number of hydrogen-bond donors (Lipinski definition) is 1. The van der Waals surface area contributed by atoms with Gasteiger partial charge < -0.3 is 10.2 Å². The molecular formula is C17H30N2O. The first kappa shape index (κ1) is 14.4. The Morgan fingerprint density at radius 3 is 2.30 bits per heavy atom. The maximum absolute atomic E-state index is 13.2. The Bertz CT molecular complexity index is 321. The third kappa shape index (κ3) is 3.36. The number of nitrogens with zero attached hydrogens (tertiary/aromatic N) is 1. The van der Waals surface area contributed by atoms with Gasteiger partial charge in [-0.1, -0.05) is 13.3 Å². The van der Waals surface area contributed by atoms with Crippen LogP contribution in [-0.2, 0) is 4.79 Å². The van der Waals surface area contributed by atoms with E-state index in [1.807, 2.05) is 0 Å². The molecule has 0 aromatic rings. The summed E-state index contributed by atoms with van der Waals surface area (Å²) in [5.41, 5.74) is -0.0865. The molecule has 1 atom stereocenters. The molecule has 1 saturated heterocycles. The average molecular weight is 278 g/mol. The number of carbonyl (C=O) groups excluding carboxylic acids is 1. The van der Waals surface area contributed by atoms with Crippen LogP contribution in [0.3, 0.4) is 0 Å². The largest absolute Gasteiger partial charge is 0.342 e. The van der Waals surface area contributed by atoms with Crippen LogP contribution in [0.4, 0.5) is 0 Å². The highest BCUT2D eigenvalue weighted by Crippen LogP contribution is 2.38. The Labute approximate surface area is 123 Å². The highest BCUT2D eigenvalue weighted by molar-refractivity contribution is 5.83. The molecule has 0 spiro atoms. The average Bonchev–Trinajstić information content (AvgIpc) is 3.34. The summed E-state index contributed by atoms with van der Waals surface area (Å²) in [6, 6.07) is 0. The smallest absolute Gasteiger partial charge is 0.230 e. The minimum atomic E-state index is -0.0865. The summed E-state index contributed by atoms with van der Waals surface area (Å²) >= 11 is 0. The fourth-order valence-corrected chi connectivity index (χ4v) is 3.75. The minimum Gasteiger partial charge on any atom is -0.342 e. The molecule has 0 aromatic carbocycles. The fraction of sp³-hybridized carbons (Fsp3) is 0.941. The maximum atomic E-state index is 13.2. The molecule has 1 unspecified atom stereocenters. The van der Waals surface area contributed by atoms with Gasteiger partial charge in [0.05, 0.1) is 5.41 Å². The van der Waals surface area contributed by atoms with E-state index >= 15 is 0 Å². The second-order valence-electron chi connectivity index (χ2n) is 7.41. The molecule has 1 N–H and O–H groups in total. The lowest BCUT2D eigenvalue weighted by Crippen LogP contribution is -2.52. The van der Waals surface area contributed by atoms with Crippen molar-refractivity contribution in [1.29, 1.82) is 0 Å². The molecule has 0 radical (unpaired) electrons. The van der Waals surface area contributed by atoms with Crippen molar-refractivity contribution in [3.05, 3.63) is 0 Å². The summed E-state index contributed by atoms with van der Waals surface area (Å²) < 4.78 is 0. The van der Waals surface area contributed by atoms with Crippen LogP contribution in [0, 0.1) is 17.3 Å². The lowest BCUT2D eigenvalue weighted by molar-refractivity contribution is -0.144. The van der Waals surface area contributed by atoms with Gasteiger partial charge in [-0.25, -0.2) is 0 Å². The number of nitrogens with one attached hydrogen (secondary N) is 1. The molecule has 20 heavy (non-hydrogen) atoms. The van der Waals surface area contributed by atoms with Gasteiger partial charge in [0.2, 0.25) is 5.91 Å². The predicted molar refractivity (Wildman–Crippen MR) is 81.5 cm³/mol. The van der Waals surface area contributed by atoms with Crippen molar-refractivity contribution >= 4 is 5.91 Å². The number of amides is 1. The quantitative estimate of drug-likeness (QED) is 0.776. The van der Waals surface area contributed by atoms with Crippen LogP contribution >= 0.6 is 0 Å². The molecule has 1 heterocycles. The van der Waals surface area contributed by atoms with Crippen molar-refractivity contribution in [3.8, 4) is 0 Å². The number of rotatable bonds is 7. The summed E-state index contributed by atoms with van der Waals surface area (Å²) in [5, 5.41) is 3.49. The maximum Gasteiger partial charge on any atom is 0.230 e. The van der Waals surface area contributed by atoms with E-state index in [1.165, 1.54) is 25.7 Å². The SMILES string of the molecule is CCCC1(C(=O)N(CC2CC2)CC2CC2)CCCNC1. The number of hydrogen-bond acceptors (Lipinski definition) is 2. The Balaban J connectivity index is 1.69. The van der Waals surface area contributed by atoms with E-state index in [4.69, 9.17) is 0 Å². The molecule has 1 amide bonds. The van der Waals surface area contributed by atoms with Crippen molar-refractivity contribution in [2.75, 3.05) is 26.2 Å². The molecule has 2 saturated carbocycles. The first-order valence-corrected chi connectivity index (χ1v) is 8.73. The van der Waals surface area contributed by atoms with Crippen molar-refractivity contribution in [2.45, 2.75) is 58.3 Å². The van der Waals surface area contributed by atoms with Gasteiger partial charge in [0.25, 0.3) is 0 Å². The highest BCUT2D eigenvalue weighted by Gasteiger charge is 2.43. The van der Waals surface area contributed by atoms with Gasteiger partial charge in [-0.3, -0.25) is 4.79 Å². The van der Waals surface area contributed by atoms with E-state index in [0.717, 1.165) is 63.7 Å². The van der Waals surface area contributed by atoms with Gasteiger partial charge in [-0.15, -0.1) is 0 Å². The standard InChI is InChI=1S/C17H30N2O/c1-2-8-17(9-3-10-18-13-17)16(20)19(11-14-4-5-14)12-15-6-7-15/h14-15,18H,2-13H2,1H3. The van der Waals surface area contributed by atoms with Gasteiger partial charge in [0, 0.05) is 19.6 Å². The molecule has 3 heteroatoms. The van der Waals surface area contributed by atoms with Crippen molar-refractivity contribution < 1.29 is 4.79 Å². The Morgan fingerprint density at radius 2 is 1.85 bits per heavy atom. The molecular weight excluding hydrogens is 248 g/mol. The summed E-state index contributed by atoms with van der Waals surface area (Å²) in [7, 11) is 0. The molecule has 3 nitrogen and oxygen atoms in total. The van der Waals surface area contributed by atoms with Crippen LogP contribution < -0.4 is 5.32 Å². The monoisotopic (exact) mass is 278 g/mol. The second-order valence-corrected chi connectivity index (χ2v) is 7.41. The predicted octanol–water partition coefficient (Wildman–Crippen LogP) is 2.80. The topological polar surface area (TPSA) is 32.3 Å². The summed E-state index contributed by atoms with van der Waals surface area (Å²) in [4.78, 5) is 15.5. The molecule has 3 aliphatic rings. The zero-order valence-electron chi connectivity index (χ0n) is 13.0. The summed E-state index contributed by atoms with van der Waals surface area (Å²) in [5.74, 6) is 2.10. The van der Waals surface area contributed by atoms with Gasteiger partial charge in [0.15, 0.2) is 0 Å². The Kier molecular flexibility index (Phi) is 4.34. The lowest BCUT2D eigenvalue weighted by Gasteiger charge is -2.40. The second kappa shape index (κ2) is 6.05. The molecule has 3 fully saturated rings. The van der Waals surface area contributed by atoms with Gasteiger partial charge >= 0.3 is 0 Å². The van der Waals surface area contributed by atoms with E-state index in [2.05, 4.69) is 17.1 Å². The van der Waals surface area contributed by atoms with Crippen molar-refractivity contribution in [3.63, 3.8) is 0 Å². The van der Waals surface area contributed by atoms with Crippen LogP contribution in [-0.4, -0.2) is 37.0 Å². The van der Waals surface area contributed by atoms with Crippen molar-refractivity contribution in [1.82, 2.24) is 10.2 Å². The zero-order valence-corrected chi connectivity index (χ0v) is 13.0. The molecule has 114 valence electrons. The molecule has 1 aliphatic heterocycles. The summed E-state index contributed by atoms with van der Waals surface area (Å²) in [6.45, 7) is 6.30. The van der Waals surface area contributed by atoms with Crippen LogP contribution in [0.5, 0.6) is 0 Å². The zero-order chi connectivity index (χ0) is 14.0. The van der Waals surface area contributed by atoms with Crippen LogP contribution in [0.25, 0.3) is 0 Å². The van der Waals surface area contributed by atoms with Gasteiger partial charge in [0.1, 0.15) is 0 Å². The third-order valence-electron chi connectivity index (χ3n) is 5.29. The highest BCUT2D eigenvalue weighted by atomic mass is 16.2. The van der Waals surface area contributed by atoms with E-state index in [9.17, 15) is 4.79 Å². The fourth-order valence-electron chi connectivity index (χ4n) is 3.75. The lowest BCUT2D eigenvalue weighted by atomic mass is 9.75. The first-order chi connectivity index (χ1) is 9.73. The molecule has 0 bridgehead atoms. The van der Waals surface area contributed by atoms with Crippen molar-refractivity contribution in [2.24, 2.45) is 17.3 Å². The van der Waals surface area contributed by atoms with E-state index in [-0.39, 0.29) is 5.41 Å². The first-order valence-electron chi connectivity index (χ1n) is 8.73. The normalized spacial score (nSPS) is 30.2. The van der Waals surface area contributed by atoms with Gasteiger partial charge in [-0.05, 0) is 63.3 Å². The van der Waals surface area contributed by atoms with Gasteiger partial charge in [-0.2, -0.15) is 0 Å². The van der Waals surface area contributed by atoms with E-state index < -0.39 is 0 Å². The van der Waals surface area contributed by atoms with Crippen LogP contribution in [0.2, 0.25) is 0 Å². The van der Waals surface area contributed by atoms with E-state index in [0.29, 0.717) is 5.91 Å². The minimum absolute atomic E-state index is 0.0865. The molecule has 2 aliphatic carbocycles. The van der Waals surface area contributed by atoms with Crippen LogP contribution in [0.1, 0.15) is 58.3 Å².